The summed E-state index contributed by atoms with van der Waals surface area (Å²) >= 11 is 1.26. The zero-order valence-electron chi connectivity index (χ0n) is 17.5. The van der Waals surface area contributed by atoms with Gasteiger partial charge in [-0.2, -0.15) is 13.2 Å². The van der Waals surface area contributed by atoms with Gasteiger partial charge in [0, 0.05) is 18.7 Å². The molecule has 0 bridgehead atoms. The monoisotopic (exact) mass is 493 g/mol. The number of hydrogen-bond donors (Lipinski definition) is 3. The van der Waals surface area contributed by atoms with Gasteiger partial charge in [-0.3, -0.25) is 14.4 Å². The van der Waals surface area contributed by atoms with Crippen molar-refractivity contribution in [2.75, 3.05) is 17.2 Å². The van der Waals surface area contributed by atoms with E-state index in [1.54, 1.807) is 17.5 Å². The highest BCUT2D eigenvalue weighted by Gasteiger charge is 2.34. The van der Waals surface area contributed by atoms with Crippen molar-refractivity contribution in [2.24, 2.45) is 0 Å². The molecule has 0 aliphatic heterocycles. The maximum Gasteiger partial charge on any atom is 0.418 e. The molecule has 3 aromatic rings. The van der Waals surface area contributed by atoms with Gasteiger partial charge in [-0.15, -0.1) is 11.3 Å². The van der Waals surface area contributed by atoms with Crippen molar-refractivity contribution >= 4 is 40.4 Å². The van der Waals surface area contributed by atoms with Gasteiger partial charge in [0.25, 0.3) is 11.8 Å². The van der Waals surface area contributed by atoms with E-state index in [4.69, 9.17) is 0 Å². The molecular weight excluding hydrogens is 474 g/mol. The van der Waals surface area contributed by atoms with Crippen LogP contribution in [-0.2, 0) is 11.0 Å². The highest BCUT2D eigenvalue weighted by atomic mass is 32.1. The lowest BCUT2D eigenvalue weighted by atomic mass is 10.1. The summed E-state index contributed by atoms with van der Waals surface area (Å²) in [6.45, 7) is 0.178. The standard InChI is InChI=1S/C23H19F4N3O3S/c24-17-6-2-1-5-15(17)21(32)29-14-9-10-18(16(13-14)23(25,26)27)30-20(31)8-3-11-28-22(33)19-7-4-12-34-19/h1-2,4-7,9-10,12-13H,3,8,11H2,(H,28,33)(H,29,32)(H,30,31). The maximum atomic E-state index is 13.8. The van der Waals surface area contributed by atoms with Crippen molar-refractivity contribution in [3.05, 3.63) is 81.8 Å². The Kier molecular flexibility index (Phi) is 8.00. The second kappa shape index (κ2) is 10.9. The predicted molar refractivity (Wildman–Crippen MR) is 120 cm³/mol. The minimum atomic E-state index is -4.82. The minimum absolute atomic E-state index is 0.117. The summed E-state index contributed by atoms with van der Waals surface area (Å²) in [5.74, 6) is -2.68. The van der Waals surface area contributed by atoms with Crippen LogP contribution in [0.3, 0.4) is 0 Å². The minimum Gasteiger partial charge on any atom is -0.351 e. The maximum absolute atomic E-state index is 13.8. The number of alkyl halides is 3. The van der Waals surface area contributed by atoms with Crippen LogP contribution in [0.25, 0.3) is 0 Å². The summed E-state index contributed by atoms with van der Waals surface area (Å²) in [6, 6.07) is 11.3. The van der Waals surface area contributed by atoms with Crippen LogP contribution in [0.2, 0.25) is 0 Å². The van der Waals surface area contributed by atoms with Crippen LogP contribution in [-0.4, -0.2) is 24.3 Å². The third kappa shape index (κ3) is 6.64. The van der Waals surface area contributed by atoms with Gasteiger partial charge in [0.1, 0.15) is 5.82 Å². The summed E-state index contributed by atoms with van der Waals surface area (Å²) in [7, 11) is 0. The molecule has 0 unspecified atom stereocenters. The van der Waals surface area contributed by atoms with Gasteiger partial charge < -0.3 is 16.0 Å². The molecule has 0 aliphatic carbocycles. The molecule has 0 radical (unpaired) electrons. The smallest absolute Gasteiger partial charge is 0.351 e. The van der Waals surface area contributed by atoms with E-state index >= 15 is 0 Å². The van der Waals surface area contributed by atoms with Gasteiger partial charge in [0.2, 0.25) is 5.91 Å². The molecule has 0 spiro atoms. The Labute approximate surface area is 196 Å². The summed E-state index contributed by atoms with van der Waals surface area (Å²) in [4.78, 5) is 36.7. The molecule has 0 saturated heterocycles. The first-order valence-electron chi connectivity index (χ1n) is 10.0. The average molecular weight is 493 g/mol. The molecule has 3 rings (SSSR count). The van der Waals surface area contributed by atoms with E-state index in [0.29, 0.717) is 10.9 Å². The van der Waals surface area contributed by atoms with Crippen molar-refractivity contribution < 1.29 is 31.9 Å². The molecule has 6 nitrogen and oxygen atoms in total. The molecule has 0 aliphatic rings. The number of thiophene rings is 1. The lowest BCUT2D eigenvalue weighted by Gasteiger charge is -2.16. The zero-order chi connectivity index (χ0) is 24.7. The Balaban J connectivity index is 1.61. The summed E-state index contributed by atoms with van der Waals surface area (Å²) in [5.41, 5.74) is -2.18. The SMILES string of the molecule is O=C(CCCNC(=O)c1cccs1)Nc1ccc(NC(=O)c2ccccc2F)cc1C(F)(F)F. The Morgan fingerprint density at radius 2 is 1.68 bits per heavy atom. The molecule has 2 aromatic carbocycles. The van der Waals surface area contributed by atoms with E-state index in [1.807, 2.05) is 0 Å². The van der Waals surface area contributed by atoms with Gasteiger partial charge in [-0.1, -0.05) is 18.2 Å². The first-order chi connectivity index (χ1) is 16.1. The van der Waals surface area contributed by atoms with Gasteiger partial charge in [0.05, 0.1) is 21.7 Å². The molecule has 3 N–H and O–H groups in total. The van der Waals surface area contributed by atoms with Crippen molar-refractivity contribution in [3.8, 4) is 0 Å². The van der Waals surface area contributed by atoms with Crippen LogP contribution < -0.4 is 16.0 Å². The Bertz CT molecular complexity index is 1180. The first-order valence-corrected chi connectivity index (χ1v) is 10.9. The van der Waals surface area contributed by atoms with E-state index in [9.17, 15) is 31.9 Å². The number of hydrogen-bond acceptors (Lipinski definition) is 4. The van der Waals surface area contributed by atoms with Crippen LogP contribution in [0, 0.1) is 5.82 Å². The molecule has 0 fully saturated rings. The van der Waals surface area contributed by atoms with Crippen molar-refractivity contribution in [1.29, 1.82) is 0 Å². The molecule has 1 aromatic heterocycles. The van der Waals surface area contributed by atoms with Gasteiger partial charge in [0.15, 0.2) is 0 Å². The van der Waals surface area contributed by atoms with Crippen LogP contribution in [0.1, 0.15) is 38.4 Å². The number of benzene rings is 2. The summed E-state index contributed by atoms with van der Waals surface area (Å²) in [5, 5.41) is 8.81. The molecule has 1 heterocycles. The number of anilines is 2. The number of carbonyl (C=O) groups is 3. The number of nitrogens with one attached hydrogen (secondary N) is 3. The highest BCUT2D eigenvalue weighted by Crippen LogP contribution is 2.36. The van der Waals surface area contributed by atoms with Gasteiger partial charge in [-0.25, -0.2) is 4.39 Å². The first kappa shape index (κ1) is 24.9. The number of rotatable bonds is 8. The lowest BCUT2D eigenvalue weighted by Crippen LogP contribution is -2.25. The fourth-order valence-electron chi connectivity index (χ4n) is 2.97. The van der Waals surface area contributed by atoms with E-state index in [1.165, 1.54) is 35.6 Å². The van der Waals surface area contributed by atoms with Crippen LogP contribution in [0.5, 0.6) is 0 Å². The number of halogens is 4. The Hall–Kier alpha value is -3.73. The fraction of sp³-hybridized carbons (Fsp3) is 0.174. The quantitative estimate of drug-likeness (QED) is 0.294. The molecule has 3 amide bonds. The number of carbonyl (C=O) groups excluding carboxylic acids is 3. The molecule has 178 valence electrons. The molecular formula is C23H19F4N3O3S. The van der Waals surface area contributed by atoms with Crippen LogP contribution in [0.15, 0.2) is 60.0 Å². The van der Waals surface area contributed by atoms with E-state index in [-0.39, 0.29) is 36.5 Å². The lowest BCUT2D eigenvalue weighted by molar-refractivity contribution is -0.136. The molecule has 11 heteroatoms. The average Bonchev–Trinajstić information content (AvgIpc) is 3.32. The van der Waals surface area contributed by atoms with Crippen LogP contribution in [0.4, 0.5) is 28.9 Å². The fourth-order valence-corrected chi connectivity index (χ4v) is 3.61. The largest absolute Gasteiger partial charge is 0.418 e. The molecule has 0 atom stereocenters. The summed E-state index contributed by atoms with van der Waals surface area (Å²) < 4.78 is 54.4. The number of amides is 3. The van der Waals surface area contributed by atoms with Crippen molar-refractivity contribution in [3.63, 3.8) is 0 Å². The third-order valence-electron chi connectivity index (χ3n) is 4.59. The van der Waals surface area contributed by atoms with Crippen LogP contribution >= 0.6 is 11.3 Å². The van der Waals surface area contributed by atoms with E-state index in [0.717, 1.165) is 12.1 Å². The Morgan fingerprint density at radius 3 is 2.35 bits per heavy atom. The van der Waals surface area contributed by atoms with Gasteiger partial charge in [-0.05, 0) is 48.2 Å². The molecule has 34 heavy (non-hydrogen) atoms. The predicted octanol–water partition coefficient (Wildman–Crippen LogP) is 5.31. The highest BCUT2D eigenvalue weighted by molar-refractivity contribution is 7.12. The second-order valence-electron chi connectivity index (χ2n) is 7.08. The van der Waals surface area contributed by atoms with Crippen molar-refractivity contribution in [2.45, 2.75) is 19.0 Å². The Morgan fingerprint density at radius 1 is 0.912 bits per heavy atom. The normalized spacial score (nSPS) is 11.1. The molecule has 0 saturated carbocycles. The van der Waals surface area contributed by atoms with Crippen molar-refractivity contribution in [1.82, 2.24) is 5.32 Å². The second-order valence-corrected chi connectivity index (χ2v) is 8.02. The third-order valence-corrected chi connectivity index (χ3v) is 5.46. The topological polar surface area (TPSA) is 87.3 Å². The van der Waals surface area contributed by atoms with Gasteiger partial charge >= 0.3 is 6.18 Å². The van der Waals surface area contributed by atoms with E-state index in [2.05, 4.69) is 16.0 Å². The van der Waals surface area contributed by atoms with E-state index < -0.39 is 35.1 Å². The zero-order valence-corrected chi connectivity index (χ0v) is 18.4. The summed E-state index contributed by atoms with van der Waals surface area (Å²) in [6.07, 6.45) is -4.72.